The summed E-state index contributed by atoms with van der Waals surface area (Å²) in [5.41, 5.74) is 0. The van der Waals surface area contributed by atoms with Gasteiger partial charge >= 0.3 is 0 Å². The lowest BCUT2D eigenvalue weighted by Crippen LogP contribution is -2.03. The second-order valence-electron chi connectivity index (χ2n) is 1.79. The molecular weight excluding hydrogens is 134 g/mol. The highest BCUT2D eigenvalue weighted by molar-refractivity contribution is 4.61. The van der Waals surface area contributed by atoms with Crippen LogP contribution >= 0.6 is 0 Å². The van der Waals surface area contributed by atoms with E-state index in [9.17, 15) is 10.1 Å². The molecule has 0 bridgehead atoms. The standard InChI is InChI=1S/C6H12NO3/c1-2-10-6-4-3-5-7(8)9/h4H,2-3,5-6H2,1H3. The van der Waals surface area contributed by atoms with Crippen LogP contribution in [0, 0.1) is 16.5 Å². The molecule has 0 fully saturated rings. The van der Waals surface area contributed by atoms with Crippen LogP contribution in [0.4, 0.5) is 0 Å². The third-order valence-electron chi connectivity index (χ3n) is 0.956. The van der Waals surface area contributed by atoms with Gasteiger partial charge in [-0.25, -0.2) is 0 Å². The molecule has 0 amide bonds. The summed E-state index contributed by atoms with van der Waals surface area (Å²) < 4.78 is 4.94. The topological polar surface area (TPSA) is 52.4 Å². The Morgan fingerprint density at radius 2 is 2.40 bits per heavy atom. The summed E-state index contributed by atoms with van der Waals surface area (Å²) in [7, 11) is 0. The molecule has 0 aliphatic rings. The van der Waals surface area contributed by atoms with Crippen molar-refractivity contribution in [3.63, 3.8) is 0 Å². The van der Waals surface area contributed by atoms with Crippen molar-refractivity contribution in [2.75, 3.05) is 19.8 Å². The molecule has 0 saturated heterocycles. The predicted octanol–water partition coefficient (Wildman–Crippen LogP) is 0.894. The van der Waals surface area contributed by atoms with Gasteiger partial charge in [-0.2, -0.15) is 0 Å². The van der Waals surface area contributed by atoms with Gasteiger partial charge in [-0.05, 0) is 13.3 Å². The maximum absolute atomic E-state index is 9.78. The third kappa shape index (κ3) is 7.36. The largest absolute Gasteiger partial charge is 0.381 e. The van der Waals surface area contributed by atoms with Gasteiger partial charge in [-0.1, -0.05) is 0 Å². The molecule has 0 aromatic rings. The van der Waals surface area contributed by atoms with E-state index in [2.05, 4.69) is 0 Å². The Hall–Kier alpha value is -0.640. The van der Waals surface area contributed by atoms with E-state index in [1.807, 2.05) is 6.92 Å². The quantitative estimate of drug-likeness (QED) is 0.317. The number of nitrogens with zero attached hydrogens (tertiary/aromatic N) is 1. The molecule has 0 unspecified atom stereocenters. The Morgan fingerprint density at radius 3 is 2.90 bits per heavy atom. The molecule has 1 radical (unpaired) electrons. The van der Waals surface area contributed by atoms with Gasteiger partial charge in [0.05, 0.1) is 0 Å². The average molecular weight is 146 g/mol. The Balaban J connectivity index is 2.84. The molecule has 0 saturated carbocycles. The molecule has 4 nitrogen and oxygen atoms in total. The Morgan fingerprint density at radius 1 is 1.70 bits per heavy atom. The van der Waals surface area contributed by atoms with Gasteiger partial charge in [0.15, 0.2) is 0 Å². The van der Waals surface area contributed by atoms with Crippen molar-refractivity contribution >= 4 is 0 Å². The van der Waals surface area contributed by atoms with E-state index in [0.717, 1.165) is 0 Å². The molecule has 0 aliphatic carbocycles. The van der Waals surface area contributed by atoms with E-state index in [-0.39, 0.29) is 11.5 Å². The molecule has 0 atom stereocenters. The Labute approximate surface area is 60.3 Å². The summed E-state index contributed by atoms with van der Waals surface area (Å²) in [5, 5.41) is 9.78. The van der Waals surface area contributed by atoms with Gasteiger partial charge in [-0.15, -0.1) is 0 Å². The minimum absolute atomic E-state index is 0.00702. The average Bonchev–Trinajstić information content (AvgIpc) is 1.87. The Kier molecular flexibility index (Phi) is 6.06. The number of hydrogen-bond donors (Lipinski definition) is 0. The first-order valence-corrected chi connectivity index (χ1v) is 3.28. The van der Waals surface area contributed by atoms with Crippen molar-refractivity contribution in [3.8, 4) is 0 Å². The maximum atomic E-state index is 9.78. The summed E-state index contributed by atoms with van der Waals surface area (Å²) in [6.07, 6.45) is 2.26. The Bertz CT molecular complexity index is 95.0. The highest BCUT2D eigenvalue weighted by Gasteiger charge is 1.95. The van der Waals surface area contributed by atoms with Crippen LogP contribution in [0.2, 0.25) is 0 Å². The summed E-state index contributed by atoms with van der Waals surface area (Å²) in [6, 6.07) is 0. The third-order valence-corrected chi connectivity index (χ3v) is 0.956. The molecule has 0 aromatic heterocycles. The van der Waals surface area contributed by atoms with Crippen molar-refractivity contribution < 1.29 is 9.66 Å². The maximum Gasteiger partial charge on any atom is 0.204 e. The molecule has 0 aromatic carbocycles. The number of nitro groups is 1. The van der Waals surface area contributed by atoms with Crippen molar-refractivity contribution in [3.05, 3.63) is 16.5 Å². The molecule has 0 aliphatic heterocycles. The highest BCUT2D eigenvalue weighted by Crippen LogP contribution is 1.88. The van der Waals surface area contributed by atoms with Gasteiger partial charge in [0.2, 0.25) is 6.54 Å². The van der Waals surface area contributed by atoms with Crippen LogP contribution in [0.3, 0.4) is 0 Å². The lowest BCUT2D eigenvalue weighted by molar-refractivity contribution is -0.479. The fourth-order valence-electron chi connectivity index (χ4n) is 0.481. The van der Waals surface area contributed by atoms with E-state index in [4.69, 9.17) is 4.74 Å². The first-order chi connectivity index (χ1) is 4.77. The normalized spacial score (nSPS) is 9.70. The second kappa shape index (κ2) is 6.48. The molecule has 59 valence electrons. The smallest absolute Gasteiger partial charge is 0.204 e. The monoisotopic (exact) mass is 146 g/mol. The minimum Gasteiger partial charge on any atom is -0.381 e. The van der Waals surface area contributed by atoms with Gasteiger partial charge < -0.3 is 4.74 Å². The summed E-state index contributed by atoms with van der Waals surface area (Å²) in [4.78, 5) is 9.45. The molecule has 0 spiro atoms. The fraction of sp³-hybridized carbons (Fsp3) is 0.833. The lowest BCUT2D eigenvalue weighted by Gasteiger charge is -1.96. The van der Waals surface area contributed by atoms with E-state index in [1.54, 1.807) is 6.42 Å². The fourth-order valence-corrected chi connectivity index (χ4v) is 0.481. The number of ether oxygens (including phenoxy) is 1. The first-order valence-electron chi connectivity index (χ1n) is 3.28. The molecule has 10 heavy (non-hydrogen) atoms. The van der Waals surface area contributed by atoms with Crippen LogP contribution in [-0.2, 0) is 4.74 Å². The zero-order valence-corrected chi connectivity index (χ0v) is 6.08. The first kappa shape index (κ1) is 9.36. The van der Waals surface area contributed by atoms with Crippen LogP contribution in [0.1, 0.15) is 13.3 Å². The van der Waals surface area contributed by atoms with Crippen molar-refractivity contribution in [1.82, 2.24) is 0 Å². The van der Waals surface area contributed by atoms with Crippen molar-refractivity contribution in [2.24, 2.45) is 0 Å². The van der Waals surface area contributed by atoms with Crippen molar-refractivity contribution in [2.45, 2.75) is 13.3 Å². The van der Waals surface area contributed by atoms with E-state index >= 15 is 0 Å². The lowest BCUT2D eigenvalue weighted by atomic mass is 10.3. The van der Waals surface area contributed by atoms with Crippen LogP contribution in [0.15, 0.2) is 0 Å². The second-order valence-corrected chi connectivity index (χ2v) is 1.79. The van der Waals surface area contributed by atoms with Crippen LogP contribution in [0.25, 0.3) is 0 Å². The van der Waals surface area contributed by atoms with Crippen LogP contribution in [-0.4, -0.2) is 24.7 Å². The zero-order chi connectivity index (χ0) is 7.82. The van der Waals surface area contributed by atoms with E-state index < -0.39 is 0 Å². The number of unbranched alkanes of at least 4 members (excludes halogenated alkanes) is 1. The highest BCUT2D eigenvalue weighted by atomic mass is 16.6. The predicted molar refractivity (Wildman–Crippen MR) is 37.3 cm³/mol. The molecular formula is C6H12NO3. The van der Waals surface area contributed by atoms with E-state index in [0.29, 0.717) is 19.6 Å². The summed E-state index contributed by atoms with van der Waals surface area (Å²) >= 11 is 0. The molecule has 0 N–H and O–H groups in total. The van der Waals surface area contributed by atoms with Crippen LogP contribution < -0.4 is 0 Å². The zero-order valence-electron chi connectivity index (χ0n) is 6.08. The molecule has 4 heteroatoms. The molecule has 0 heterocycles. The van der Waals surface area contributed by atoms with Gasteiger partial charge in [-0.3, -0.25) is 10.1 Å². The molecule has 0 rings (SSSR count). The van der Waals surface area contributed by atoms with Gasteiger partial charge in [0.1, 0.15) is 0 Å². The summed E-state index contributed by atoms with van der Waals surface area (Å²) in [5.74, 6) is 0. The van der Waals surface area contributed by atoms with E-state index in [1.165, 1.54) is 0 Å². The summed E-state index contributed by atoms with van der Waals surface area (Å²) in [6.45, 7) is 3.08. The van der Waals surface area contributed by atoms with Crippen LogP contribution in [0.5, 0.6) is 0 Å². The van der Waals surface area contributed by atoms with Gasteiger partial charge in [0, 0.05) is 24.6 Å². The number of rotatable bonds is 6. The van der Waals surface area contributed by atoms with Crippen molar-refractivity contribution in [1.29, 1.82) is 0 Å². The minimum atomic E-state index is -0.331. The van der Waals surface area contributed by atoms with Gasteiger partial charge in [0.25, 0.3) is 0 Å². The number of hydrogen-bond acceptors (Lipinski definition) is 3. The SMILES string of the molecule is CCOC[CH]CC[N+](=O)[O-].